The van der Waals surface area contributed by atoms with Gasteiger partial charge < -0.3 is 21.3 Å². The maximum atomic E-state index is 13.5. The summed E-state index contributed by atoms with van der Waals surface area (Å²) in [5.74, 6) is -0.218. The van der Waals surface area contributed by atoms with Gasteiger partial charge in [0.25, 0.3) is 0 Å². The molecule has 2 atom stereocenters. The number of carbonyl (C=O) groups excluding carboxylic acids is 2. The quantitative estimate of drug-likeness (QED) is 0.0937. The van der Waals surface area contributed by atoms with Gasteiger partial charge in [-0.05, 0) is 36.1 Å². The lowest BCUT2D eigenvalue weighted by Crippen LogP contribution is -2.48. The number of nitrogens with zero attached hydrogens (tertiary/aromatic N) is 2. The Morgan fingerprint density at radius 1 is 0.500 bits per heavy atom. The van der Waals surface area contributed by atoms with E-state index in [2.05, 4.69) is 21.3 Å². The van der Waals surface area contributed by atoms with Crippen molar-refractivity contribution in [2.45, 2.75) is 39.8 Å². The molecule has 0 bridgehead atoms. The highest BCUT2D eigenvalue weighted by molar-refractivity contribution is 6.09. The Labute approximate surface area is 269 Å². The summed E-state index contributed by atoms with van der Waals surface area (Å²) in [4.78, 5) is 36.6. The third-order valence-corrected chi connectivity index (χ3v) is 8.40. The van der Waals surface area contributed by atoms with E-state index in [1.165, 1.54) is 0 Å². The van der Waals surface area contributed by atoms with Gasteiger partial charge in [-0.3, -0.25) is 9.59 Å². The molecule has 0 saturated carbocycles. The number of hydrogen-bond acceptors (Lipinski definition) is 6. The third kappa shape index (κ3) is 6.29. The Morgan fingerprint density at radius 3 is 1.07 bits per heavy atom. The normalized spacial score (nSPS) is 12.9. The molecule has 8 nitrogen and oxygen atoms in total. The smallest absolute Gasteiger partial charge is 0.242 e. The van der Waals surface area contributed by atoms with Crippen molar-refractivity contribution in [3.8, 4) is 0 Å². The van der Waals surface area contributed by atoms with Gasteiger partial charge in [0, 0.05) is 34.6 Å². The van der Waals surface area contributed by atoms with Gasteiger partial charge >= 0.3 is 0 Å². The van der Waals surface area contributed by atoms with Crippen molar-refractivity contribution in [2.24, 2.45) is 11.8 Å². The number of aromatic nitrogens is 2. The number of para-hydroxylation sites is 4. The first-order valence-electron chi connectivity index (χ1n) is 15.9. The zero-order chi connectivity index (χ0) is 32.2. The molecule has 2 heterocycles. The minimum Gasteiger partial charge on any atom is -0.372 e. The molecule has 0 spiro atoms. The number of hydrogen-bond donors (Lipinski definition) is 4. The molecule has 46 heavy (non-hydrogen) atoms. The lowest BCUT2D eigenvalue weighted by molar-refractivity contribution is -0.124. The molecule has 6 aromatic rings. The lowest BCUT2D eigenvalue weighted by Gasteiger charge is -2.26. The second-order valence-corrected chi connectivity index (χ2v) is 12.4. The van der Waals surface area contributed by atoms with Crippen LogP contribution in [0.1, 0.15) is 27.7 Å². The monoisotopic (exact) mass is 612 g/mol. The molecule has 0 aliphatic carbocycles. The second-order valence-electron chi connectivity index (χ2n) is 12.4. The van der Waals surface area contributed by atoms with Crippen molar-refractivity contribution >= 4 is 66.8 Å². The number of amides is 2. The number of rotatable bonds is 11. The molecule has 6 rings (SSSR count). The van der Waals surface area contributed by atoms with Crippen molar-refractivity contribution in [3.05, 3.63) is 97.1 Å². The SMILES string of the molecule is CC(C)[C@H](Nc1c2ccccc2nc2ccccc12)C(=O)NCCNC(=O)[C@@H](Nc1c2ccccc2nc2ccccc12)C(C)C. The fourth-order valence-corrected chi connectivity index (χ4v) is 5.96. The zero-order valence-electron chi connectivity index (χ0n) is 26.7. The number of fused-ring (bicyclic) bond motifs is 4. The van der Waals surface area contributed by atoms with E-state index in [9.17, 15) is 9.59 Å². The predicted octanol–water partition coefficient (Wildman–Crippen LogP) is 6.90. The molecule has 0 radical (unpaired) electrons. The minimum atomic E-state index is -0.483. The third-order valence-electron chi connectivity index (χ3n) is 8.40. The second kappa shape index (κ2) is 13.4. The van der Waals surface area contributed by atoms with Crippen molar-refractivity contribution in [1.82, 2.24) is 20.6 Å². The number of carbonyl (C=O) groups is 2. The summed E-state index contributed by atoms with van der Waals surface area (Å²) in [5, 5.41) is 17.0. The van der Waals surface area contributed by atoms with Gasteiger partial charge in [-0.2, -0.15) is 0 Å². The average molecular weight is 613 g/mol. The van der Waals surface area contributed by atoms with E-state index in [1.54, 1.807) is 0 Å². The summed E-state index contributed by atoms with van der Waals surface area (Å²) < 4.78 is 0. The molecule has 0 aliphatic rings. The zero-order valence-corrected chi connectivity index (χ0v) is 26.7. The summed E-state index contributed by atoms with van der Waals surface area (Å²) in [7, 11) is 0. The van der Waals surface area contributed by atoms with Crippen LogP contribution >= 0.6 is 0 Å². The van der Waals surface area contributed by atoms with Crippen LogP contribution in [-0.2, 0) is 9.59 Å². The first-order valence-corrected chi connectivity index (χ1v) is 15.9. The Hall–Kier alpha value is -5.24. The van der Waals surface area contributed by atoms with E-state index >= 15 is 0 Å². The number of nitrogens with one attached hydrogen (secondary N) is 4. The molecule has 0 unspecified atom stereocenters. The summed E-state index contributed by atoms with van der Waals surface area (Å²) >= 11 is 0. The molecule has 8 heteroatoms. The van der Waals surface area contributed by atoms with Crippen LogP contribution in [0.3, 0.4) is 0 Å². The molecule has 0 aliphatic heterocycles. The van der Waals surface area contributed by atoms with E-state index in [0.717, 1.165) is 55.0 Å². The molecule has 4 aromatic carbocycles. The van der Waals surface area contributed by atoms with Crippen molar-refractivity contribution in [1.29, 1.82) is 0 Å². The first kappa shape index (κ1) is 30.8. The summed E-state index contributed by atoms with van der Waals surface area (Å²) in [6.45, 7) is 8.70. The van der Waals surface area contributed by atoms with Crippen LogP contribution in [0.2, 0.25) is 0 Å². The molecule has 0 fully saturated rings. The maximum Gasteiger partial charge on any atom is 0.242 e. The number of pyridine rings is 2. The van der Waals surface area contributed by atoms with Gasteiger partial charge in [0.1, 0.15) is 12.1 Å². The molecular formula is C38H40N6O2. The maximum absolute atomic E-state index is 13.5. The predicted molar refractivity (Wildman–Crippen MR) is 189 cm³/mol. The van der Waals surface area contributed by atoms with E-state index in [1.807, 2.05) is 125 Å². The Bertz CT molecular complexity index is 1780. The van der Waals surface area contributed by atoms with Crippen LogP contribution in [0.4, 0.5) is 11.4 Å². The molecule has 0 saturated heterocycles. The van der Waals surface area contributed by atoms with Crippen LogP contribution in [0, 0.1) is 11.8 Å². The summed E-state index contributed by atoms with van der Waals surface area (Å²) in [5.41, 5.74) is 5.27. The molecular weight excluding hydrogens is 572 g/mol. The highest BCUT2D eigenvalue weighted by atomic mass is 16.2. The van der Waals surface area contributed by atoms with Crippen LogP contribution < -0.4 is 21.3 Å². The molecule has 2 amide bonds. The summed E-state index contributed by atoms with van der Waals surface area (Å²) in [6.07, 6.45) is 0. The Balaban J connectivity index is 1.13. The average Bonchev–Trinajstić information content (AvgIpc) is 3.06. The lowest BCUT2D eigenvalue weighted by atomic mass is 10.0. The largest absolute Gasteiger partial charge is 0.372 e. The molecule has 4 N–H and O–H groups in total. The fourth-order valence-electron chi connectivity index (χ4n) is 5.96. The van der Waals surface area contributed by atoms with Gasteiger partial charge in [-0.25, -0.2) is 9.97 Å². The number of anilines is 2. The minimum absolute atomic E-state index is 0.0137. The van der Waals surface area contributed by atoms with Crippen molar-refractivity contribution < 1.29 is 9.59 Å². The van der Waals surface area contributed by atoms with E-state index in [0.29, 0.717) is 13.1 Å². The highest BCUT2D eigenvalue weighted by Gasteiger charge is 2.26. The van der Waals surface area contributed by atoms with E-state index < -0.39 is 12.1 Å². The van der Waals surface area contributed by atoms with Crippen LogP contribution in [-0.4, -0.2) is 47.0 Å². The highest BCUT2D eigenvalue weighted by Crippen LogP contribution is 2.33. The van der Waals surface area contributed by atoms with Gasteiger partial charge in [-0.15, -0.1) is 0 Å². The van der Waals surface area contributed by atoms with E-state index in [-0.39, 0.29) is 23.7 Å². The summed E-state index contributed by atoms with van der Waals surface area (Å²) in [6, 6.07) is 30.9. The Kier molecular flexibility index (Phi) is 8.97. The van der Waals surface area contributed by atoms with Crippen LogP contribution in [0.25, 0.3) is 43.6 Å². The Morgan fingerprint density at radius 2 is 0.783 bits per heavy atom. The van der Waals surface area contributed by atoms with Crippen LogP contribution in [0.5, 0.6) is 0 Å². The molecule has 234 valence electrons. The molecule has 2 aromatic heterocycles. The van der Waals surface area contributed by atoms with Gasteiger partial charge in [0.2, 0.25) is 11.8 Å². The van der Waals surface area contributed by atoms with Crippen molar-refractivity contribution in [2.75, 3.05) is 23.7 Å². The van der Waals surface area contributed by atoms with Gasteiger partial charge in [0.15, 0.2) is 0 Å². The van der Waals surface area contributed by atoms with Crippen molar-refractivity contribution in [3.63, 3.8) is 0 Å². The topological polar surface area (TPSA) is 108 Å². The standard InChI is InChI=1S/C38H40N6O2/c1-23(2)33(43-35-25-13-5-9-17-29(25)41-30-18-10-6-14-26(30)35)37(45)39-21-22-40-38(46)34(24(3)4)44-36-27-15-7-11-19-31(27)42-32-20-12-8-16-28(32)36/h5-20,23-24,33-34H,21-22H2,1-4H3,(H,39,45)(H,40,46)(H,41,43)(H,42,44)/t33-,34-/m0/s1. The van der Waals surface area contributed by atoms with Crippen LogP contribution in [0.15, 0.2) is 97.1 Å². The first-order chi connectivity index (χ1) is 22.3. The fraction of sp³-hybridized carbons (Fsp3) is 0.263. The van der Waals surface area contributed by atoms with Gasteiger partial charge in [0.05, 0.1) is 33.4 Å². The number of benzene rings is 4. The van der Waals surface area contributed by atoms with Gasteiger partial charge in [-0.1, -0.05) is 100 Å². The van der Waals surface area contributed by atoms with E-state index in [4.69, 9.17) is 9.97 Å².